The number of halogens is 2. The largest absolute Gasteiger partial charge is 0.350 e. The van der Waals surface area contributed by atoms with E-state index < -0.39 is 34.1 Å². The van der Waals surface area contributed by atoms with E-state index >= 15 is 0 Å². The van der Waals surface area contributed by atoms with Gasteiger partial charge in [-0.2, -0.15) is 0 Å². The van der Waals surface area contributed by atoms with E-state index in [1.165, 1.54) is 17.0 Å². The average Bonchev–Trinajstić information content (AvgIpc) is 2.99. The smallest absolute Gasteiger partial charge is 0.264 e. The lowest BCUT2D eigenvalue weighted by atomic mass is 10.0. The Morgan fingerprint density at radius 3 is 2.02 bits per heavy atom. The fourth-order valence-electron chi connectivity index (χ4n) is 4.80. The summed E-state index contributed by atoms with van der Waals surface area (Å²) in [5, 5.41) is 3.76. The number of carbonyl (C=O) groups is 2. The summed E-state index contributed by atoms with van der Waals surface area (Å²) < 4.78 is 29.2. The molecule has 0 aliphatic heterocycles. The molecule has 0 aliphatic carbocycles. The average molecular weight is 667 g/mol. The van der Waals surface area contributed by atoms with E-state index in [0.717, 1.165) is 15.4 Å². The van der Waals surface area contributed by atoms with E-state index in [4.69, 9.17) is 23.2 Å². The van der Waals surface area contributed by atoms with E-state index in [2.05, 4.69) is 5.32 Å². The van der Waals surface area contributed by atoms with Gasteiger partial charge in [-0.3, -0.25) is 13.9 Å². The second-order valence-corrected chi connectivity index (χ2v) is 14.6. The van der Waals surface area contributed by atoms with Crippen LogP contribution in [0.15, 0.2) is 108 Å². The van der Waals surface area contributed by atoms with Crippen molar-refractivity contribution >= 4 is 50.7 Å². The molecule has 4 rings (SSSR count). The summed E-state index contributed by atoms with van der Waals surface area (Å²) in [5.74, 6) is -0.955. The number of anilines is 1. The highest BCUT2D eigenvalue weighted by atomic mass is 35.5. The summed E-state index contributed by atoms with van der Waals surface area (Å²) in [6, 6.07) is 28.1. The molecule has 0 radical (unpaired) electrons. The van der Waals surface area contributed by atoms with Crippen molar-refractivity contribution < 1.29 is 18.0 Å². The van der Waals surface area contributed by atoms with Gasteiger partial charge in [0.05, 0.1) is 10.6 Å². The van der Waals surface area contributed by atoms with Crippen LogP contribution in [0.2, 0.25) is 10.0 Å². The maximum Gasteiger partial charge on any atom is 0.264 e. The number of nitrogens with one attached hydrogen (secondary N) is 1. The minimum absolute atomic E-state index is 0.0389. The van der Waals surface area contributed by atoms with E-state index in [1.54, 1.807) is 60.7 Å². The lowest BCUT2D eigenvalue weighted by molar-refractivity contribution is -0.140. The summed E-state index contributed by atoms with van der Waals surface area (Å²) in [7, 11) is -4.17. The van der Waals surface area contributed by atoms with E-state index in [-0.39, 0.29) is 23.8 Å². The van der Waals surface area contributed by atoms with Crippen molar-refractivity contribution in [2.45, 2.75) is 57.1 Å². The van der Waals surface area contributed by atoms with E-state index in [9.17, 15) is 18.0 Å². The van der Waals surface area contributed by atoms with Gasteiger partial charge in [-0.1, -0.05) is 95.5 Å². The molecule has 0 unspecified atom stereocenters. The SMILES string of the molecule is Cc1ccc(N(CC(=O)N(Cc2ccc(Cl)cc2Cl)[C@H](Cc2ccccc2)C(=O)NC(C)(C)C)S(=O)(=O)c2ccccc2)cc1. The first-order valence-corrected chi connectivity index (χ1v) is 16.7. The Bertz CT molecular complexity index is 1730. The van der Waals surface area contributed by atoms with Crippen molar-refractivity contribution in [1.82, 2.24) is 10.2 Å². The highest BCUT2D eigenvalue weighted by molar-refractivity contribution is 7.92. The van der Waals surface area contributed by atoms with Crippen molar-refractivity contribution in [2.24, 2.45) is 0 Å². The maximum atomic E-state index is 14.5. The highest BCUT2D eigenvalue weighted by Gasteiger charge is 2.35. The van der Waals surface area contributed by atoms with Crippen molar-refractivity contribution in [3.05, 3.63) is 130 Å². The minimum atomic E-state index is -4.17. The molecule has 1 atom stereocenters. The first-order valence-electron chi connectivity index (χ1n) is 14.5. The monoisotopic (exact) mass is 665 g/mol. The summed E-state index contributed by atoms with van der Waals surface area (Å²) in [6.45, 7) is 6.86. The molecule has 2 amide bonds. The van der Waals surface area contributed by atoms with Gasteiger partial charge in [0.25, 0.3) is 10.0 Å². The molecule has 4 aromatic carbocycles. The second-order valence-electron chi connectivity index (χ2n) is 11.9. The summed E-state index contributed by atoms with van der Waals surface area (Å²) in [4.78, 5) is 29.9. The lowest BCUT2D eigenvalue weighted by Gasteiger charge is -2.35. The number of hydrogen-bond donors (Lipinski definition) is 1. The van der Waals surface area contributed by atoms with Gasteiger partial charge in [-0.25, -0.2) is 8.42 Å². The molecule has 236 valence electrons. The number of nitrogens with zero attached hydrogens (tertiary/aromatic N) is 2. The van der Waals surface area contributed by atoms with Gasteiger partial charge in [-0.05, 0) is 75.2 Å². The molecule has 45 heavy (non-hydrogen) atoms. The fraction of sp³-hybridized carbons (Fsp3) is 0.257. The Balaban J connectivity index is 1.83. The zero-order valence-corrected chi connectivity index (χ0v) is 28.0. The van der Waals surface area contributed by atoms with Crippen LogP contribution in [0.4, 0.5) is 5.69 Å². The molecule has 0 aliphatic rings. The molecule has 0 fully saturated rings. The van der Waals surface area contributed by atoms with Crippen LogP contribution in [-0.4, -0.2) is 43.3 Å². The fourth-order valence-corrected chi connectivity index (χ4v) is 6.70. The Kier molecular flexibility index (Phi) is 11.0. The van der Waals surface area contributed by atoms with Crippen molar-refractivity contribution in [3.8, 4) is 0 Å². The van der Waals surface area contributed by atoms with Gasteiger partial charge in [0, 0.05) is 28.5 Å². The molecule has 0 saturated heterocycles. The minimum Gasteiger partial charge on any atom is -0.350 e. The van der Waals surface area contributed by atoms with Gasteiger partial charge < -0.3 is 10.2 Å². The third-order valence-corrected chi connectivity index (χ3v) is 9.43. The van der Waals surface area contributed by atoms with Gasteiger partial charge >= 0.3 is 0 Å². The molecule has 7 nitrogen and oxygen atoms in total. The second kappa shape index (κ2) is 14.5. The molecular weight excluding hydrogens is 629 g/mol. The molecule has 0 heterocycles. The Labute approximate surface area is 275 Å². The summed E-state index contributed by atoms with van der Waals surface area (Å²) in [5.41, 5.74) is 2.05. The molecular formula is C35H37Cl2N3O4S. The van der Waals surface area contributed by atoms with Crippen molar-refractivity contribution in [1.29, 1.82) is 0 Å². The third kappa shape index (κ3) is 9.10. The predicted molar refractivity (Wildman–Crippen MR) is 181 cm³/mol. The molecule has 10 heteroatoms. The molecule has 4 aromatic rings. The number of aryl methyl sites for hydroxylation is 1. The number of sulfonamides is 1. The highest BCUT2D eigenvalue weighted by Crippen LogP contribution is 2.27. The van der Waals surface area contributed by atoms with Gasteiger partial charge in [0.1, 0.15) is 12.6 Å². The van der Waals surface area contributed by atoms with E-state index in [1.807, 2.05) is 58.0 Å². The normalized spacial score (nSPS) is 12.3. The number of amides is 2. The standard InChI is InChI=1S/C35H37Cl2N3O4S/c1-25-15-19-29(20-16-25)40(45(43,44)30-13-9-6-10-14-30)24-33(41)39(23-27-17-18-28(36)22-31(27)37)32(34(42)38-35(2,3)4)21-26-11-7-5-8-12-26/h5-20,22,32H,21,23-24H2,1-4H3,(H,38,42)/t32-/m1/s1. The number of hydrogen-bond acceptors (Lipinski definition) is 4. The van der Waals surface area contributed by atoms with Crippen LogP contribution >= 0.6 is 23.2 Å². The Morgan fingerprint density at radius 1 is 0.844 bits per heavy atom. The number of rotatable bonds is 11. The van der Waals surface area contributed by atoms with Gasteiger partial charge in [0.2, 0.25) is 11.8 Å². The molecule has 0 saturated carbocycles. The summed E-state index contributed by atoms with van der Waals surface area (Å²) in [6.07, 6.45) is 0.190. The third-order valence-electron chi connectivity index (χ3n) is 7.06. The lowest BCUT2D eigenvalue weighted by Crippen LogP contribution is -2.56. The van der Waals surface area contributed by atoms with Crippen LogP contribution in [0, 0.1) is 6.92 Å². The molecule has 0 bridgehead atoms. The molecule has 1 N–H and O–H groups in total. The Morgan fingerprint density at radius 2 is 1.44 bits per heavy atom. The van der Waals surface area contributed by atoms with Crippen molar-refractivity contribution in [3.63, 3.8) is 0 Å². The van der Waals surface area contributed by atoms with Crippen LogP contribution in [0.5, 0.6) is 0 Å². The number of carbonyl (C=O) groups excluding carboxylic acids is 2. The quantitative estimate of drug-likeness (QED) is 0.186. The van der Waals surface area contributed by atoms with Gasteiger partial charge in [0.15, 0.2) is 0 Å². The Hall–Kier alpha value is -3.85. The maximum absolute atomic E-state index is 14.5. The molecule has 0 aromatic heterocycles. The summed E-state index contributed by atoms with van der Waals surface area (Å²) >= 11 is 12.7. The van der Waals surface area contributed by atoms with Crippen LogP contribution in [-0.2, 0) is 32.6 Å². The van der Waals surface area contributed by atoms with Crippen LogP contribution in [0.3, 0.4) is 0 Å². The van der Waals surface area contributed by atoms with Crippen LogP contribution in [0.25, 0.3) is 0 Å². The first-order chi connectivity index (χ1) is 21.2. The number of benzene rings is 4. The first kappa shape index (κ1) is 34.0. The van der Waals surface area contributed by atoms with E-state index in [0.29, 0.717) is 21.3 Å². The van der Waals surface area contributed by atoms with Crippen LogP contribution < -0.4 is 9.62 Å². The zero-order valence-electron chi connectivity index (χ0n) is 25.7. The van der Waals surface area contributed by atoms with Gasteiger partial charge in [-0.15, -0.1) is 0 Å². The molecule has 0 spiro atoms. The topological polar surface area (TPSA) is 86.8 Å². The van der Waals surface area contributed by atoms with Crippen molar-refractivity contribution in [2.75, 3.05) is 10.8 Å². The van der Waals surface area contributed by atoms with Crippen LogP contribution in [0.1, 0.15) is 37.5 Å². The predicted octanol–water partition coefficient (Wildman–Crippen LogP) is 7.05. The zero-order chi connectivity index (χ0) is 32.8.